The van der Waals surface area contributed by atoms with Crippen LogP contribution in [0.5, 0.6) is 5.75 Å². The molecule has 0 atom stereocenters. The monoisotopic (exact) mass is 412 g/mol. The number of hydrogen-bond donors (Lipinski definition) is 3. The van der Waals surface area contributed by atoms with Crippen LogP contribution in [0.4, 0.5) is 11.4 Å². The molecule has 0 aliphatic heterocycles. The van der Waals surface area contributed by atoms with Crippen LogP contribution in [-0.2, 0) is 4.79 Å². The zero-order chi connectivity index (χ0) is 20.8. The summed E-state index contributed by atoms with van der Waals surface area (Å²) in [5, 5.41) is 21.6. The van der Waals surface area contributed by atoms with Gasteiger partial charge in [-0.05, 0) is 42.8 Å². The summed E-state index contributed by atoms with van der Waals surface area (Å²) < 4.78 is 5.02. The van der Waals surface area contributed by atoms with Gasteiger partial charge in [-0.2, -0.15) is 0 Å². The number of carbonyl (C=O) groups is 3. The van der Waals surface area contributed by atoms with Crippen LogP contribution in [0.3, 0.4) is 0 Å². The number of rotatable bonds is 7. The van der Waals surface area contributed by atoms with Gasteiger partial charge in [-0.3, -0.25) is 9.59 Å². The SMILES string of the molecule is Cc1ccccc1NC(=O)c1nnc(C(=O)Nc2ccc(OCC(=O)O)cc2)s1. The van der Waals surface area contributed by atoms with Crippen LogP contribution in [0.1, 0.15) is 25.2 Å². The molecule has 0 unspecified atom stereocenters. The number of carbonyl (C=O) groups excluding carboxylic acids is 2. The first-order valence-electron chi connectivity index (χ1n) is 8.39. The number of anilines is 2. The summed E-state index contributed by atoms with van der Waals surface area (Å²) in [6.45, 7) is 1.41. The lowest BCUT2D eigenvalue weighted by Crippen LogP contribution is -2.12. The van der Waals surface area contributed by atoms with E-state index in [1.807, 2.05) is 19.1 Å². The smallest absolute Gasteiger partial charge is 0.341 e. The number of aromatic nitrogens is 2. The van der Waals surface area contributed by atoms with Crippen molar-refractivity contribution in [3.8, 4) is 5.75 Å². The molecule has 0 saturated heterocycles. The standard InChI is InChI=1S/C19H16N4O5S/c1-11-4-2-3-5-14(11)21-17(27)19-23-22-18(29-19)16(26)20-12-6-8-13(9-7-12)28-10-15(24)25/h2-9H,10H2,1H3,(H,20,26)(H,21,27)(H,24,25). The Labute approximate surface area is 169 Å². The van der Waals surface area contributed by atoms with E-state index in [-0.39, 0.29) is 10.0 Å². The number of aryl methyl sites for hydroxylation is 1. The van der Waals surface area contributed by atoms with Crippen molar-refractivity contribution >= 4 is 40.5 Å². The maximum absolute atomic E-state index is 12.3. The minimum absolute atomic E-state index is 0.0335. The number of ether oxygens (including phenoxy) is 1. The summed E-state index contributed by atoms with van der Waals surface area (Å²) in [6, 6.07) is 13.5. The molecule has 0 radical (unpaired) electrons. The molecule has 0 saturated carbocycles. The van der Waals surface area contributed by atoms with Crippen LogP contribution >= 0.6 is 11.3 Å². The zero-order valence-corrected chi connectivity index (χ0v) is 16.0. The topological polar surface area (TPSA) is 131 Å². The van der Waals surface area contributed by atoms with Crippen molar-refractivity contribution in [1.82, 2.24) is 10.2 Å². The van der Waals surface area contributed by atoms with Gasteiger partial charge in [-0.25, -0.2) is 4.79 Å². The van der Waals surface area contributed by atoms with E-state index in [2.05, 4.69) is 20.8 Å². The highest BCUT2D eigenvalue weighted by atomic mass is 32.1. The molecule has 0 aliphatic carbocycles. The number of nitrogens with one attached hydrogen (secondary N) is 2. The quantitative estimate of drug-likeness (QED) is 0.544. The average Bonchev–Trinajstić information content (AvgIpc) is 3.20. The fourth-order valence-corrected chi connectivity index (χ4v) is 2.89. The van der Waals surface area contributed by atoms with Crippen molar-refractivity contribution in [1.29, 1.82) is 0 Å². The molecular formula is C19H16N4O5S. The summed E-state index contributed by atoms with van der Waals surface area (Å²) in [5.41, 5.74) is 2.02. The van der Waals surface area contributed by atoms with Gasteiger partial charge in [-0.1, -0.05) is 29.5 Å². The third kappa shape index (κ3) is 5.36. The number of hydrogen-bond acceptors (Lipinski definition) is 7. The van der Waals surface area contributed by atoms with Crippen molar-refractivity contribution in [2.75, 3.05) is 17.2 Å². The first-order chi connectivity index (χ1) is 13.9. The molecule has 2 aromatic carbocycles. The Kier molecular flexibility index (Phi) is 6.15. The third-order valence-corrected chi connectivity index (χ3v) is 4.60. The first-order valence-corrected chi connectivity index (χ1v) is 9.20. The van der Waals surface area contributed by atoms with Crippen LogP contribution in [0.2, 0.25) is 0 Å². The molecule has 148 valence electrons. The van der Waals surface area contributed by atoms with Crippen molar-refractivity contribution in [3.05, 3.63) is 64.1 Å². The van der Waals surface area contributed by atoms with Crippen LogP contribution in [0.25, 0.3) is 0 Å². The van der Waals surface area contributed by atoms with Crippen molar-refractivity contribution in [2.24, 2.45) is 0 Å². The van der Waals surface area contributed by atoms with E-state index >= 15 is 0 Å². The maximum Gasteiger partial charge on any atom is 0.341 e. The lowest BCUT2D eigenvalue weighted by atomic mass is 10.2. The average molecular weight is 412 g/mol. The molecule has 0 aliphatic rings. The van der Waals surface area contributed by atoms with Crippen molar-refractivity contribution in [2.45, 2.75) is 6.92 Å². The molecular weight excluding hydrogens is 396 g/mol. The predicted molar refractivity (Wildman–Crippen MR) is 107 cm³/mol. The van der Waals surface area contributed by atoms with Gasteiger partial charge in [0.1, 0.15) is 5.75 Å². The van der Waals surface area contributed by atoms with E-state index in [4.69, 9.17) is 9.84 Å². The van der Waals surface area contributed by atoms with Gasteiger partial charge in [0.2, 0.25) is 10.0 Å². The molecule has 0 bridgehead atoms. The van der Waals surface area contributed by atoms with Crippen LogP contribution < -0.4 is 15.4 Å². The third-order valence-electron chi connectivity index (χ3n) is 3.68. The number of benzene rings is 2. The van der Waals surface area contributed by atoms with E-state index in [9.17, 15) is 14.4 Å². The second kappa shape index (κ2) is 8.93. The Bertz CT molecular complexity index is 1050. The van der Waals surface area contributed by atoms with Crippen molar-refractivity contribution in [3.63, 3.8) is 0 Å². The Morgan fingerprint density at radius 1 is 0.966 bits per heavy atom. The molecule has 10 heteroatoms. The molecule has 2 amide bonds. The zero-order valence-electron chi connectivity index (χ0n) is 15.2. The molecule has 0 fully saturated rings. The normalized spacial score (nSPS) is 10.2. The second-order valence-electron chi connectivity index (χ2n) is 5.84. The number of amides is 2. The molecule has 1 aromatic heterocycles. The number of nitrogens with zero attached hydrogens (tertiary/aromatic N) is 2. The summed E-state index contributed by atoms with van der Waals surface area (Å²) in [5.74, 6) is -1.69. The minimum Gasteiger partial charge on any atom is -0.482 e. The molecule has 3 rings (SSSR count). The van der Waals surface area contributed by atoms with E-state index in [0.29, 0.717) is 17.1 Å². The highest BCUT2D eigenvalue weighted by Gasteiger charge is 2.18. The Hall–Kier alpha value is -3.79. The van der Waals surface area contributed by atoms with Gasteiger partial charge in [-0.15, -0.1) is 10.2 Å². The summed E-state index contributed by atoms with van der Waals surface area (Å²) in [4.78, 5) is 35.1. The van der Waals surface area contributed by atoms with Crippen molar-refractivity contribution < 1.29 is 24.2 Å². The molecule has 9 nitrogen and oxygen atoms in total. The lowest BCUT2D eigenvalue weighted by Gasteiger charge is -2.06. The van der Waals surface area contributed by atoms with Crippen LogP contribution in [0, 0.1) is 6.92 Å². The molecule has 3 aromatic rings. The van der Waals surface area contributed by atoms with Gasteiger partial charge in [0, 0.05) is 11.4 Å². The van der Waals surface area contributed by atoms with Gasteiger partial charge in [0.25, 0.3) is 11.8 Å². The molecule has 1 heterocycles. The Morgan fingerprint density at radius 2 is 1.59 bits per heavy atom. The predicted octanol–water partition coefficient (Wildman–Crippen LogP) is 2.81. The minimum atomic E-state index is -1.08. The second-order valence-corrected chi connectivity index (χ2v) is 6.82. The molecule has 3 N–H and O–H groups in total. The van der Waals surface area contributed by atoms with E-state index < -0.39 is 24.4 Å². The van der Waals surface area contributed by atoms with Gasteiger partial charge >= 0.3 is 5.97 Å². The largest absolute Gasteiger partial charge is 0.482 e. The fraction of sp³-hybridized carbons (Fsp3) is 0.105. The van der Waals surface area contributed by atoms with Gasteiger partial charge < -0.3 is 20.5 Å². The molecule has 29 heavy (non-hydrogen) atoms. The molecule has 0 spiro atoms. The van der Waals surface area contributed by atoms with E-state index in [0.717, 1.165) is 16.9 Å². The van der Waals surface area contributed by atoms with Gasteiger partial charge in [0.05, 0.1) is 0 Å². The Balaban J connectivity index is 1.61. The number of carboxylic acids is 1. The highest BCUT2D eigenvalue weighted by molar-refractivity contribution is 7.15. The summed E-state index contributed by atoms with van der Waals surface area (Å²) >= 11 is 0.872. The number of aliphatic carboxylic acids is 1. The number of para-hydroxylation sites is 1. The highest BCUT2D eigenvalue weighted by Crippen LogP contribution is 2.19. The maximum atomic E-state index is 12.3. The van der Waals surface area contributed by atoms with E-state index in [1.54, 1.807) is 24.3 Å². The summed E-state index contributed by atoms with van der Waals surface area (Å²) in [6.07, 6.45) is 0. The lowest BCUT2D eigenvalue weighted by molar-refractivity contribution is -0.139. The number of carboxylic acid groups (broad SMARTS) is 1. The van der Waals surface area contributed by atoms with E-state index in [1.165, 1.54) is 12.1 Å². The van der Waals surface area contributed by atoms with Crippen LogP contribution in [0.15, 0.2) is 48.5 Å². The van der Waals surface area contributed by atoms with Crippen LogP contribution in [-0.4, -0.2) is 39.7 Å². The Morgan fingerprint density at radius 3 is 2.21 bits per heavy atom. The fourth-order valence-electron chi connectivity index (χ4n) is 2.26. The first kappa shape index (κ1) is 20.0. The van der Waals surface area contributed by atoms with Gasteiger partial charge in [0.15, 0.2) is 6.61 Å². The summed E-state index contributed by atoms with van der Waals surface area (Å²) in [7, 11) is 0.